The fraction of sp³-hybridized carbons (Fsp3) is 0.222. The van der Waals surface area contributed by atoms with E-state index >= 15 is 0 Å². The Hall–Kier alpha value is -3.55. The van der Waals surface area contributed by atoms with Crippen LogP contribution in [0.2, 0.25) is 0 Å². The van der Waals surface area contributed by atoms with Crippen LogP contribution in [0.1, 0.15) is 39.9 Å². The van der Waals surface area contributed by atoms with E-state index < -0.39 is 5.60 Å². The van der Waals surface area contributed by atoms with Crippen molar-refractivity contribution in [2.24, 2.45) is 0 Å². The van der Waals surface area contributed by atoms with Crippen molar-refractivity contribution in [3.8, 4) is 17.6 Å². The largest absolute Gasteiger partial charge is 0.497 e. The van der Waals surface area contributed by atoms with E-state index in [1.165, 1.54) is 0 Å². The van der Waals surface area contributed by atoms with Gasteiger partial charge < -0.3 is 14.7 Å². The fourth-order valence-electron chi connectivity index (χ4n) is 3.81. The van der Waals surface area contributed by atoms with Gasteiger partial charge in [0.2, 0.25) is 0 Å². The van der Waals surface area contributed by atoms with Crippen LogP contribution in [0.5, 0.6) is 5.75 Å². The van der Waals surface area contributed by atoms with Gasteiger partial charge in [-0.2, -0.15) is 0 Å². The molecule has 156 valence electrons. The van der Waals surface area contributed by atoms with Crippen molar-refractivity contribution < 1.29 is 14.6 Å². The molecule has 1 aliphatic heterocycles. The number of nitrogens with zero attached hydrogens (tertiary/aromatic N) is 1. The summed E-state index contributed by atoms with van der Waals surface area (Å²) in [5, 5.41) is 11.1. The first-order valence-electron chi connectivity index (χ1n) is 10.4. The number of rotatable bonds is 3. The Bertz CT molecular complexity index is 1090. The Labute approximate surface area is 183 Å². The van der Waals surface area contributed by atoms with Gasteiger partial charge in [-0.15, -0.1) is 0 Å². The molecule has 0 spiro atoms. The van der Waals surface area contributed by atoms with Gasteiger partial charge >= 0.3 is 0 Å². The third-order valence-corrected chi connectivity index (χ3v) is 5.76. The van der Waals surface area contributed by atoms with Crippen LogP contribution in [-0.2, 0) is 5.60 Å². The number of methoxy groups -OCH3 is 1. The molecule has 0 saturated carbocycles. The summed E-state index contributed by atoms with van der Waals surface area (Å²) < 4.78 is 5.19. The summed E-state index contributed by atoms with van der Waals surface area (Å²) >= 11 is 0. The first kappa shape index (κ1) is 20.7. The number of ether oxygens (including phenoxy) is 1. The normalized spacial score (nSPS) is 15.0. The first-order valence-corrected chi connectivity index (χ1v) is 10.4. The van der Waals surface area contributed by atoms with Crippen molar-refractivity contribution in [2.75, 3.05) is 20.2 Å². The molecular formula is C27H25NO3. The molecule has 0 unspecified atom stereocenters. The number of benzene rings is 3. The van der Waals surface area contributed by atoms with E-state index in [0.29, 0.717) is 31.5 Å². The lowest BCUT2D eigenvalue weighted by Crippen LogP contribution is -2.45. The van der Waals surface area contributed by atoms with Crippen LogP contribution in [0.4, 0.5) is 0 Å². The molecule has 1 N–H and O–H groups in total. The molecule has 4 rings (SSSR count). The highest BCUT2D eigenvalue weighted by molar-refractivity contribution is 5.94. The third kappa shape index (κ3) is 4.79. The van der Waals surface area contributed by atoms with Gasteiger partial charge in [0.1, 0.15) is 5.75 Å². The first-order chi connectivity index (χ1) is 15.1. The maximum Gasteiger partial charge on any atom is 0.253 e. The van der Waals surface area contributed by atoms with Crippen molar-refractivity contribution in [3.05, 3.63) is 101 Å². The van der Waals surface area contributed by atoms with E-state index in [-0.39, 0.29) is 5.91 Å². The van der Waals surface area contributed by atoms with Crippen LogP contribution in [0.15, 0.2) is 78.9 Å². The quantitative estimate of drug-likeness (QED) is 0.657. The Morgan fingerprint density at radius 1 is 0.871 bits per heavy atom. The molecule has 3 aromatic rings. The molecule has 0 radical (unpaired) electrons. The molecule has 0 aliphatic carbocycles. The minimum Gasteiger partial charge on any atom is -0.497 e. The standard InChI is InChI=1S/C27H25NO3/c1-31-25-15-13-24(14-16-25)27(30)17-19-28(20-18-27)26(29)23-11-9-22(10-12-23)8-7-21-5-3-2-4-6-21/h2-6,9-16,30H,17-20H2,1H3. The Morgan fingerprint density at radius 2 is 1.45 bits per heavy atom. The van der Waals surface area contributed by atoms with Gasteiger partial charge in [0.05, 0.1) is 12.7 Å². The minimum atomic E-state index is -0.917. The predicted octanol–water partition coefficient (Wildman–Crippen LogP) is 4.22. The summed E-state index contributed by atoms with van der Waals surface area (Å²) in [6.07, 6.45) is 1.01. The fourth-order valence-corrected chi connectivity index (χ4v) is 3.81. The van der Waals surface area contributed by atoms with Crippen LogP contribution in [-0.4, -0.2) is 36.1 Å². The van der Waals surface area contributed by atoms with Crippen molar-refractivity contribution in [2.45, 2.75) is 18.4 Å². The number of aliphatic hydroxyl groups is 1. The Balaban J connectivity index is 1.38. The average molecular weight is 412 g/mol. The number of piperidine rings is 1. The van der Waals surface area contributed by atoms with Gasteiger partial charge in [-0.05, 0) is 66.9 Å². The topological polar surface area (TPSA) is 49.8 Å². The van der Waals surface area contributed by atoms with Crippen LogP contribution in [0, 0.1) is 11.8 Å². The smallest absolute Gasteiger partial charge is 0.253 e. The molecular weight excluding hydrogens is 386 g/mol. The number of carbonyl (C=O) groups is 1. The lowest BCUT2D eigenvalue weighted by molar-refractivity contribution is -0.0211. The van der Waals surface area contributed by atoms with E-state index in [1.54, 1.807) is 7.11 Å². The second-order valence-electron chi connectivity index (χ2n) is 7.75. The third-order valence-electron chi connectivity index (χ3n) is 5.76. The van der Waals surface area contributed by atoms with Crippen LogP contribution < -0.4 is 4.74 Å². The van der Waals surface area contributed by atoms with Crippen LogP contribution in [0.25, 0.3) is 0 Å². The summed E-state index contributed by atoms with van der Waals surface area (Å²) in [5.74, 6) is 7.00. The highest BCUT2D eigenvalue weighted by Crippen LogP contribution is 2.34. The molecule has 4 nitrogen and oxygen atoms in total. The highest BCUT2D eigenvalue weighted by Gasteiger charge is 2.35. The van der Waals surface area contributed by atoms with E-state index in [2.05, 4.69) is 11.8 Å². The number of amides is 1. The summed E-state index contributed by atoms with van der Waals surface area (Å²) in [7, 11) is 1.62. The van der Waals surface area contributed by atoms with Gasteiger partial charge in [0, 0.05) is 29.8 Å². The number of hydrogen-bond acceptors (Lipinski definition) is 3. The minimum absolute atomic E-state index is 0.0145. The summed E-state index contributed by atoms with van der Waals surface area (Å²) in [5.41, 5.74) is 2.41. The van der Waals surface area contributed by atoms with Gasteiger partial charge in [0.15, 0.2) is 0 Å². The number of hydrogen-bond donors (Lipinski definition) is 1. The van der Waals surface area contributed by atoms with E-state index in [0.717, 1.165) is 22.4 Å². The second kappa shape index (κ2) is 9.07. The monoisotopic (exact) mass is 411 g/mol. The number of carbonyl (C=O) groups excluding carboxylic acids is 1. The average Bonchev–Trinajstić information content (AvgIpc) is 2.84. The molecule has 0 bridgehead atoms. The summed E-state index contributed by atoms with van der Waals surface area (Å²) in [6, 6.07) is 24.7. The zero-order chi connectivity index (χ0) is 21.7. The molecule has 0 aromatic heterocycles. The zero-order valence-electron chi connectivity index (χ0n) is 17.5. The Morgan fingerprint density at radius 3 is 2.03 bits per heavy atom. The maximum absolute atomic E-state index is 12.9. The second-order valence-corrected chi connectivity index (χ2v) is 7.75. The lowest BCUT2D eigenvalue weighted by atomic mass is 9.84. The highest BCUT2D eigenvalue weighted by atomic mass is 16.5. The molecule has 3 aromatic carbocycles. The van der Waals surface area contributed by atoms with Crippen molar-refractivity contribution >= 4 is 5.91 Å². The molecule has 1 amide bonds. The van der Waals surface area contributed by atoms with Gasteiger partial charge in [0.25, 0.3) is 5.91 Å². The zero-order valence-corrected chi connectivity index (χ0v) is 17.5. The molecule has 1 fully saturated rings. The Kier molecular flexibility index (Phi) is 6.06. The van der Waals surface area contributed by atoms with E-state index in [1.807, 2.05) is 83.8 Å². The van der Waals surface area contributed by atoms with Crippen LogP contribution in [0.3, 0.4) is 0 Å². The number of likely N-dealkylation sites (tertiary alicyclic amines) is 1. The molecule has 0 atom stereocenters. The SMILES string of the molecule is COc1ccc(C2(O)CCN(C(=O)c3ccc(C#Cc4ccccc4)cc3)CC2)cc1. The van der Waals surface area contributed by atoms with Crippen molar-refractivity contribution in [3.63, 3.8) is 0 Å². The maximum atomic E-state index is 12.9. The van der Waals surface area contributed by atoms with Gasteiger partial charge in [-0.25, -0.2) is 0 Å². The summed E-state index contributed by atoms with van der Waals surface area (Å²) in [6.45, 7) is 1.02. The van der Waals surface area contributed by atoms with E-state index in [9.17, 15) is 9.90 Å². The molecule has 31 heavy (non-hydrogen) atoms. The van der Waals surface area contributed by atoms with E-state index in [4.69, 9.17) is 4.74 Å². The van der Waals surface area contributed by atoms with Crippen LogP contribution >= 0.6 is 0 Å². The lowest BCUT2D eigenvalue weighted by Gasteiger charge is -2.38. The van der Waals surface area contributed by atoms with Crippen molar-refractivity contribution in [1.29, 1.82) is 0 Å². The predicted molar refractivity (Wildman–Crippen MR) is 121 cm³/mol. The molecule has 4 heteroatoms. The molecule has 1 saturated heterocycles. The summed E-state index contributed by atoms with van der Waals surface area (Å²) in [4.78, 5) is 14.7. The molecule has 1 heterocycles. The van der Waals surface area contributed by atoms with Gasteiger partial charge in [-0.1, -0.05) is 42.2 Å². The van der Waals surface area contributed by atoms with Crippen molar-refractivity contribution in [1.82, 2.24) is 4.90 Å². The molecule has 1 aliphatic rings. The van der Waals surface area contributed by atoms with Gasteiger partial charge in [-0.3, -0.25) is 4.79 Å².